The van der Waals surface area contributed by atoms with Gasteiger partial charge in [-0.3, -0.25) is 9.32 Å². The molecule has 244 valence electrons. The zero-order chi connectivity index (χ0) is 32.8. The van der Waals surface area contributed by atoms with Crippen LogP contribution in [0.4, 0.5) is 5.82 Å². The van der Waals surface area contributed by atoms with Gasteiger partial charge in [0, 0.05) is 16.5 Å². The number of ether oxygens (including phenoxy) is 2. The van der Waals surface area contributed by atoms with Crippen molar-refractivity contribution in [2.75, 3.05) is 18.9 Å². The fraction of sp³-hybridized carbons (Fsp3) is 0.469. The molecule has 4 rings (SSSR count). The summed E-state index contributed by atoms with van der Waals surface area (Å²) in [6, 6.07) is 13.6. The van der Waals surface area contributed by atoms with Crippen LogP contribution in [0.25, 0.3) is 21.9 Å². The number of unbranched alkanes of at least 4 members (excludes halogenated alkanes) is 1. The Morgan fingerprint density at radius 3 is 2.49 bits per heavy atom. The Morgan fingerprint density at radius 2 is 1.82 bits per heavy atom. The van der Waals surface area contributed by atoms with E-state index in [1.54, 1.807) is 45.0 Å². The Kier molecular flexibility index (Phi) is 11.7. The lowest BCUT2D eigenvalue weighted by Gasteiger charge is -2.35. The van der Waals surface area contributed by atoms with Crippen molar-refractivity contribution in [2.45, 2.75) is 85.1 Å². The number of carbonyl (C=O) groups excluding carboxylic acids is 1. The monoisotopic (exact) mass is 703 g/mol. The van der Waals surface area contributed by atoms with E-state index in [1.165, 1.54) is 0 Å². The summed E-state index contributed by atoms with van der Waals surface area (Å²) in [7, 11) is -4.16. The number of rotatable bonds is 16. The highest BCUT2D eigenvalue weighted by Crippen LogP contribution is 2.47. The highest BCUT2D eigenvalue weighted by molar-refractivity contribution is 9.10. The smallest absolute Gasteiger partial charge is 0.459 e. The number of aromatic nitrogens is 3. The van der Waals surface area contributed by atoms with Crippen LogP contribution < -0.4 is 15.3 Å². The van der Waals surface area contributed by atoms with Crippen LogP contribution in [0.3, 0.4) is 0 Å². The molecular formula is C32H43BrN5O6P. The fourth-order valence-electron chi connectivity index (χ4n) is 5.10. The number of nitrogens with zero attached hydrogens (tertiary/aromatic N) is 3. The number of nitrogens with one attached hydrogen (secondary N) is 1. The van der Waals surface area contributed by atoms with Crippen molar-refractivity contribution < 1.29 is 27.9 Å². The van der Waals surface area contributed by atoms with Crippen molar-refractivity contribution in [3.05, 3.63) is 58.8 Å². The van der Waals surface area contributed by atoms with Crippen molar-refractivity contribution in [3.8, 4) is 5.75 Å². The zero-order valence-electron chi connectivity index (χ0n) is 26.7. The van der Waals surface area contributed by atoms with Gasteiger partial charge in [-0.1, -0.05) is 53.9 Å². The molecule has 0 saturated heterocycles. The summed E-state index contributed by atoms with van der Waals surface area (Å²) >= 11 is 3.41. The van der Waals surface area contributed by atoms with E-state index in [0.717, 1.165) is 33.7 Å². The predicted octanol–water partition coefficient (Wildman–Crippen LogP) is 7.50. The molecule has 3 atom stereocenters. The van der Waals surface area contributed by atoms with Crippen LogP contribution in [0.5, 0.6) is 5.75 Å². The number of hydrogen-bond acceptors (Lipinski definition) is 9. The average Bonchev–Trinajstić information content (AvgIpc) is 3.40. The van der Waals surface area contributed by atoms with Crippen LogP contribution in [0.15, 0.2) is 53.0 Å². The molecule has 0 saturated carbocycles. The summed E-state index contributed by atoms with van der Waals surface area (Å²) in [4.78, 5) is 22.2. The summed E-state index contributed by atoms with van der Waals surface area (Å²) < 4.78 is 40.9. The van der Waals surface area contributed by atoms with Crippen LogP contribution in [0.1, 0.15) is 66.6 Å². The third-order valence-electron chi connectivity index (χ3n) is 7.28. The van der Waals surface area contributed by atoms with Crippen molar-refractivity contribution in [1.29, 1.82) is 0 Å². The van der Waals surface area contributed by atoms with Crippen molar-refractivity contribution in [2.24, 2.45) is 0 Å². The van der Waals surface area contributed by atoms with Crippen molar-refractivity contribution in [1.82, 2.24) is 19.6 Å². The molecule has 0 bridgehead atoms. The summed E-state index contributed by atoms with van der Waals surface area (Å²) in [6.45, 7) is 11.8. The Hall–Kier alpha value is -3.02. The molecule has 0 radical (unpaired) electrons. The van der Waals surface area contributed by atoms with E-state index in [-0.39, 0.29) is 19.3 Å². The maximum atomic E-state index is 14.5. The lowest BCUT2D eigenvalue weighted by atomic mass is 9.94. The first kappa shape index (κ1) is 34.8. The maximum absolute atomic E-state index is 14.5. The fourth-order valence-corrected chi connectivity index (χ4v) is 6.97. The Bertz CT molecular complexity index is 1660. The number of anilines is 1. The number of carbonyl (C=O) groups is 1. The number of fused-ring (bicyclic) bond motifs is 3. The van der Waals surface area contributed by atoms with Crippen LogP contribution in [0.2, 0.25) is 0 Å². The van der Waals surface area contributed by atoms with Gasteiger partial charge in [-0.05, 0) is 71.4 Å². The number of benzene rings is 2. The largest absolute Gasteiger partial charge is 0.462 e. The molecule has 0 aliphatic rings. The van der Waals surface area contributed by atoms with Gasteiger partial charge in [0.1, 0.15) is 29.7 Å². The molecule has 11 nitrogen and oxygen atoms in total. The molecule has 2 heterocycles. The topological polar surface area (TPSA) is 140 Å². The first-order valence-electron chi connectivity index (χ1n) is 15.2. The van der Waals surface area contributed by atoms with E-state index in [4.69, 9.17) is 29.2 Å². The summed E-state index contributed by atoms with van der Waals surface area (Å²) in [6.07, 6.45) is 2.06. The average molecular weight is 705 g/mol. The van der Waals surface area contributed by atoms with Gasteiger partial charge in [0.05, 0.1) is 29.3 Å². The Balaban J connectivity index is 1.81. The maximum Gasteiger partial charge on any atom is 0.459 e. The molecule has 2 aromatic heterocycles. The molecular weight excluding hydrogens is 661 g/mol. The van der Waals surface area contributed by atoms with Crippen molar-refractivity contribution in [3.63, 3.8) is 0 Å². The van der Waals surface area contributed by atoms with Gasteiger partial charge < -0.3 is 24.3 Å². The number of nitrogen functional groups attached to an aromatic ring is 1. The molecule has 13 heteroatoms. The zero-order valence-corrected chi connectivity index (χ0v) is 29.2. The predicted molar refractivity (Wildman–Crippen MR) is 180 cm³/mol. The highest BCUT2D eigenvalue weighted by Gasteiger charge is 2.39. The minimum atomic E-state index is -4.16. The SMILES string of the molecule is CCCC[C@@](C)(CO[P@](=O)(N[C@@H](C)C(=O)OC(C)C)Oc1ccc(Br)cc1)n1c(COCC)nc2c(N)nc3ccccc3c21. The number of nitrogens with two attached hydrogens (primary N) is 1. The molecule has 3 N–H and O–H groups in total. The lowest BCUT2D eigenvalue weighted by Crippen LogP contribution is -2.40. The summed E-state index contributed by atoms with van der Waals surface area (Å²) in [5.74, 6) is 0.687. The van der Waals surface area contributed by atoms with Crippen LogP contribution >= 0.6 is 23.7 Å². The summed E-state index contributed by atoms with van der Waals surface area (Å²) in [5, 5.41) is 3.68. The lowest BCUT2D eigenvalue weighted by molar-refractivity contribution is -0.149. The molecule has 2 aromatic carbocycles. The Labute approximate surface area is 272 Å². The van der Waals surface area contributed by atoms with Crippen LogP contribution in [-0.4, -0.2) is 45.9 Å². The van der Waals surface area contributed by atoms with E-state index >= 15 is 0 Å². The molecule has 0 unspecified atom stereocenters. The van der Waals surface area contributed by atoms with Gasteiger partial charge in [0.2, 0.25) is 0 Å². The third kappa shape index (κ3) is 8.42. The van der Waals surface area contributed by atoms with Gasteiger partial charge in [0.25, 0.3) is 0 Å². The number of hydrogen-bond donors (Lipinski definition) is 2. The first-order valence-corrected chi connectivity index (χ1v) is 17.5. The number of para-hydroxylation sites is 1. The normalized spacial score (nSPS) is 15.2. The first-order chi connectivity index (χ1) is 21.4. The Morgan fingerprint density at radius 1 is 1.11 bits per heavy atom. The van der Waals surface area contributed by atoms with E-state index < -0.39 is 25.3 Å². The molecule has 45 heavy (non-hydrogen) atoms. The molecule has 4 aromatic rings. The number of imidazole rings is 1. The second-order valence-electron chi connectivity index (χ2n) is 11.5. The minimum Gasteiger partial charge on any atom is -0.462 e. The number of pyridine rings is 1. The van der Waals surface area contributed by atoms with Gasteiger partial charge in [-0.15, -0.1) is 0 Å². The minimum absolute atomic E-state index is 0.0547. The third-order valence-corrected chi connectivity index (χ3v) is 9.43. The van der Waals surface area contributed by atoms with Gasteiger partial charge in [-0.25, -0.2) is 14.5 Å². The molecule has 0 amide bonds. The van der Waals surface area contributed by atoms with Gasteiger partial charge in [-0.2, -0.15) is 5.09 Å². The second kappa shape index (κ2) is 15.0. The van der Waals surface area contributed by atoms with Crippen LogP contribution in [-0.2, 0) is 35.5 Å². The molecule has 0 aliphatic carbocycles. The second-order valence-corrected chi connectivity index (χ2v) is 14.1. The van der Waals surface area contributed by atoms with E-state index in [1.807, 2.05) is 38.1 Å². The standard InChI is InChI=1S/C32H43BrN5O6P/c1-7-9-18-32(6,38-27(19-41-8-2)36-28-29(38)25-12-10-11-13-26(25)35-30(28)34)20-42-45(40,37-22(5)31(39)43-21(3)4)44-24-16-14-23(33)15-17-24/h10-17,21-22H,7-9,18-20H2,1-6H3,(H2,34,35)(H,37,40)/t22-,32-,45+/m0/s1. The molecule has 0 aliphatic heterocycles. The van der Waals surface area contributed by atoms with Crippen LogP contribution in [0, 0.1) is 0 Å². The van der Waals surface area contributed by atoms with E-state index in [9.17, 15) is 9.36 Å². The number of halogens is 1. The van der Waals surface area contributed by atoms with Gasteiger partial charge in [0.15, 0.2) is 5.82 Å². The highest BCUT2D eigenvalue weighted by atomic mass is 79.9. The number of esters is 1. The van der Waals surface area contributed by atoms with E-state index in [2.05, 4.69) is 37.5 Å². The quantitative estimate of drug-likeness (QED) is 0.0890. The van der Waals surface area contributed by atoms with Crippen molar-refractivity contribution >= 4 is 57.4 Å². The molecule has 0 spiro atoms. The van der Waals surface area contributed by atoms with Gasteiger partial charge >= 0.3 is 13.7 Å². The van der Waals surface area contributed by atoms with E-state index in [0.29, 0.717) is 35.9 Å². The summed E-state index contributed by atoms with van der Waals surface area (Å²) in [5.41, 5.74) is 7.74. The molecule has 0 fully saturated rings.